The Labute approximate surface area is 158 Å². The molecule has 0 aliphatic rings. The summed E-state index contributed by atoms with van der Waals surface area (Å²) in [5.74, 6) is 1.59. The van der Waals surface area contributed by atoms with E-state index in [0.29, 0.717) is 29.6 Å². The van der Waals surface area contributed by atoms with Gasteiger partial charge in [0.25, 0.3) is 5.91 Å². The molecule has 2 aromatic carbocycles. The molecule has 0 saturated carbocycles. The van der Waals surface area contributed by atoms with Crippen molar-refractivity contribution in [1.29, 1.82) is 0 Å². The van der Waals surface area contributed by atoms with Gasteiger partial charge in [-0.05, 0) is 43.7 Å². The first-order chi connectivity index (χ1) is 13.0. The second-order valence-corrected chi connectivity index (χ2v) is 6.21. The van der Waals surface area contributed by atoms with E-state index in [1.165, 1.54) is 5.56 Å². The number of hydrogen-bond donors (Lipinski definition) is 2. The highest BCUT2D eigenvalue weighted by Gasteiger charge is 2.11. The fraction of sp³-hybridized carbons (Fsp3) is 0.190. The predicted octanol–water partition coefficient (Wildman–Crippen LogP) is 3.97. The minimum atomic E-state index is -0.288. The van der Waals surface area contributed by atoms with Crippen LogP contribution in [0, 0.1) is 13.8 Å². The van der Waals surface area contributed by atoms with Crippen molar-refractivity contribution in [2.75, 3.05) is 17.7 Å². The normalized spacial score (nSPS) is 10.3. The number of anilines is 2. The maximum Gasteiger partial charge on any atom is 0.274 e. The summed E-state index contributed by atoms with van der Waals surface area (Å²) >= 11 is 0. The van der Waals surface area contributed by atoms with E-state index in [0.717, 1.165) is 11.3 Å². The van der Waals surface area contributed by atoms with Crippen LogP contribution in [0.15, 0.2) is 54.6 Å². The van der Waals surface area contributed by atoms with Gasteiger partial charge in [-0.15, -0.1) is 0 Å². The van der Waals surface area contributed by atoms with E-state index in [4.69, 9.17) is 4.74 Å². The zero-order valence-electron chi connectivity index (χ0n) is 15.6. The van der Waals surface area contributed by atoms with Crippen molar-refractivity contribution in [3.8, 4) is 5.75 Å². The Morgan fingerprint density at radius 2 is 1.70 bits per heavy atom. The van der Waals surface area contributed by atoms with Crippen LogP contribution in [0.5, 0.6) is 5.75 Å². The first-order valence-corrected chi connectivity index (χ1v) is 8.64. The van der Waals surface area contributed by atoms with Crippen molar-refractivity contribution < 1.29 is 9.53 Å². The monoisotopic (exact) mass is 362 g/mol. The van der Waals surface area contributed by atoms with Gasteiger partial charge in [0.2, 0.25) is 0 Å². The predicted molar refractivity (Wildman–Crippen MR) is 106 cm³/mol. The fourth-order valence-corrected chi connectivity index (χ4v) is 2.54. The number of methoxy groups -OCH3 is 1. The Bertz CT molecular complexity index is 922. The zero-order valence-corrected chi connectivity index (χ0v) is 15.6. The van der Waals surface area contributed by atoms with E-state index in [1.807, 2.05) is 0 Å². The van der Waals surface area contributed by atoms with Crippen LogP contribution in [-0.2, 0) is 6.54 Å². The molecular formula is C21H22N4O2. The lowest BCUT2D eigenvalue weighted by molar-refractivity contribution is 0.102. The highest BCUT2D eigenvalue weighted by molar-refractivity contribution is 6.03. The number of carbonyl (C=O) groups is 1. The topological polar surface area (TPSA) is 76.1 Å². The summed E-state index contributed by atoms with van der Waals surface area (Å²) in [7, 11) is 1.60. The summed E-state index contributed by atoms with van der Waals surface area (Å²) in [6.07, 6.45) is 0. The number of benzene rings is 2. The Balaban J connectivity index is 1.69. The van der Waals surface area contributed by atoms with Gasteiger partial charge in [0, 0.05) is 18.3 Å². The summed E-state index contributed by atoms with van der Waals surface area (Å²) in [6, 6.07) is 17.0. The molecular weight excluding hydrogens is 340 g/mol. The molecule has 0 radical (unpaired) electrons. The van der Waals surface area contributed by atoms with Gasteiger partial charge in [-0.25, -0.2) is 9.97 Å². The average Bonchev–Trinajstić information content (AvgIpc) is 2.68. The standard InChI is InChI=1S/C21H22N4O2/c1-14-4-6-16(7-5-14)13-22-20-12-19(23-15(2)24-20)21(26)25-17-8-10-18(27-3)11-9-17/h4-12H,13H2,1-3H3,(H,25,26)(H,22,23,24). The van der Waals surface area contributed by atoms with Gasteiger partial charge >= 0.3 is 0 Å². The number of aryl methyl sites for hydroxylation is 2. The third-order valence-electron chi connectivity index (χ3n) is 4.01. The summed E-state index contributed by atoms with van der Waals surface area (Å²) in [4.78, 5) is 21.1. The van der Waals surface area contributed by atoms with Crippen LogP contribution in [0.4, 0.5) is 11.5 Å². The Kier molecular flexibility index (Phi) is 5.66. The molecule has 3 rings (SSSR count). The smallest absolute Gasteiger partial charge is 0.274 e. The van der Waals surface area contributed by atoms with Crippen molar-refractivity contribution in [1.82, 2.24) is 9.97 Å². The first-order valence-electron chi connectivity index (χ1n) is 8.64. The van der Waals surface area contributed by atoms with Gasteiger partial charge in [0.1, 0.15) is 23.1 Å². The molecule has 2 N–H and O–H groups in total. The largest absolute Gasteiger partial charge is 0.497 e. The van der Waals surface area contributed by atoms with Crippen LogP contribution in [0.25, 0.3) is 0 Å². The SMILES string of the molecule is COc1ccc(NC(=O)c2cc(NCc3ccc(C)cc3)nc(C)n2)cc1. The van der Waals surface area contributed by atoms with E-state index in [2.05, 4.69) is 51.8 Å². The highest BCUT2D eigenvalue weighted by Crippen LogP contribution is 2.16. The second kappa shape index (κ2) is 8.31. The maximum absolute atomic E-state index is 12.5. The van der Waals surface area contributed by atoms with E-state index in [1.54, 1.807) is 44.4 Å². The fourth-order valence-electron chi connectivity index (χ4n) is 2.54. The molecule has 0 fully saturated rings. The lowest BCUT2D eigenvalue weighted by Crippen LogP contribution is -2.15. The van der Waals surface area contributed by atoms with Crippen LogP contribution in [0.2, 0.25) is 0 Å². The molecule has 0 aliphatic heterocycles. The average molecular weight is 362 g/mol. The molecule has 1 amide bonds. The van der Waals surface area contributed by atoms with Gasteiger partial charge in [-0.3, -0.25) is 4.79 Å². The van der Waals surface area contributed by atoms with Crippen LogP contribution < -0.4 is 15.4 Å². The quantitative estimate of drug-likeness (QED) is 0.694. The highest BCUT2D eigenvalue weighted by atomic mass is 16.5. The van der Waals surface area contributed by atoms with Crippen LogP contribution in [-0.4, -0.2) is 23.0 Å². The molecule has 138 valence electrons. The Morgan fingerprint density at radius 3 is 2.37 bits per heavy atom. The summed E-state index contributed by atoms with van der Waals surface area (Å²) < 4.78 is 5.12. The van der Waals surface area contributed by atoms with Gasteiger partial charge in [0.05, 0.1) is 7.11 Å². The molecule has 0 saturated heterocycles. The third kappa shape index (κ3) is 5.04. The maximum atomic E-state index is 12.5. The number of nitrogens with one attached hydrogen (secondary N) is 2. The van der Waals surface area contributed by atoms with Gasteiger partial charge in [0.15, 0.2) is 0 Å². The van der Waals surface area contributed by atoms with Gasteiger partial charge in [-0.1, -0.05) is 29.8 Å². The van der Waals surface area contributed by atoms with Crippen LogP contribution in [0.1, 0.15) is 27.4 Å². The Morgan fingerprint density at radius 1 is 1.00 bits per heavy atom. The van der Waals surface area contributed by atoms with E-state index in [9.17, 15) is 4.79 Å². The van der Waals surface area contributed by atoms with Crippen molar-refractivity contribution in [2.45, 2.75) is 20.4 Å². The van der Waals surface area contributed by atoms with E-state index in [-0.39, 0.29) is 5.91 Å². The van der Waals surface area contributed by atoms with Gasteiger partial charge in [-0.2, -0.15) is 0 Å². The third-order valence-corrected chi connectivity index (χ3v) is 4.01. The van der Waals surface area contributed by atoms with Gasteiger partial charge < -0.3 is 15.4 Å². The number of amides is 1. The second-order valence-electron chi connectivity index (χ2n) is 6.21. The van der Waals surface area contributed by atoms with Crippen LogP contribution >= 0.6 is 0 Å². The first kappa shape index (κ1) is 18.4. The number of nitrogens with zero attached hydrogens (tertiary/aromatic N) is 2. The number of rotatable bonds is 6. The molecule has 3 aromatic rings. The number of carbonyl (C=O) groups excluding carboxylic acids is 1. The van der Waals surface area contributed by atoms with Crippen LogP contribution in [0.3, 0.4) is 0 Å². The van der Waals surface area contributed by atoms with E-state index < -0.39 is 0 Å². The molecule has 0 spiro atoms. The van der Waals surface area contributed by atoms with Crippen molar-refractivity contribution in [3.05, 3.63) is 77.2 Å². The zero-order chi connectivity index (χ0) is 19.2. The minimum Gasteiger partial charge on any atom is -0.497 e. The van der Waals surface area contributed by atoms with Crippen molar-refractivity contribution in [2.24, 2.45) is 0 Å². The molecule has 1 heterocycles. The number of hydrogen-bond acceptors (Lipinski definition) is 5. The summed E-state index contributed by atoms with van der Waals surface area (Å²) in [5.41, 5.74) is 3.34. The van der Waals surface area contributed by atoms with Crippen molar-refractivity contribution >= 4 is 17.4 Å². The van der Waals surface area contributed by atoms with Crippen molar-refractivity contribution in [3.63, 3.8) is 0 Å². The molecule has 27 heavy (non-hydrogen) atoms. The number of aromatic nitrogens is 2. The molecule has 0 unspecified atom stereocenters. The molecule has 6 nitrogen and oxygen atoms in total. The van der Waals surface area contributed by atoms with E-state index >= 15 is 0 Å². The molecule has 6 heteroatoms. The molecule has 1 aromatic heterocycles. The Hall–Kier alpha value is -3.41. The molecule has 0 aliphatic carbocycles. The summed E-state index contributed by atoms with van der Waals surface area (Å²) in [6.45, 7) is 4.44. The lowest BCUT2D eigenvalue weighted by atomic mass is 10.1. The lowest BCUT2D eigenvalue weighted by Gasteiger charge is -2.10. The molecule has 0 atom stereocenters. The number of ether oxygens (including phenoxy) is 1. The molecule has 0 bridgehead atoms. The summed E-state index contributed by atoms with van der Waals surface area (Å²) in [5, 5.41) is 6.08. The minimum absolute atomic E-state index is 0.288.